The number of nitrogens with one attached hydrogen (secondary N) is 2. The van der Waals surface area contributed by atoms with E-state index in [2.05, 4.69) is 25.1 Å². The second-order valence-electron chi connectivity index (χ2n) is 9.08. The molecule has 0 saturated carbocycles. The molecule has 1 unspecified atom stereocenters. The van der Waals surface area contributed by atoms with Crippen molar-refractivity contribution in [3.05, 3.63) is 12.2 Å². The van der Waals surface area contributed by atoms with Crippen LogP contribution in [0.3, 0.4) is 0 Å². The Bertz CT molecular complexity index is 1200. The molecule has 1 aliphatic rings. The average molecular weight is 589 g/mol. The first-order chi connectivity index (χ1) is 19.0. The van der Waals surface area contributed by atoms with Gasteiger partial charge in [-0.05, 0) is 27.7 Å². The number of nitrogens with zero attached hydrogens (tertiary/aromatic N) is 4. The molecule has 0 aromatic carbocycles. The fourth-order valence-corrected chi connectivity index (χ4v) is 5.55. The van der Waals surface area contributed by atoms with Gasteiger partial charge in [0.25, 0.3) is 0 Å². The lowest BCUT2D eigenvalue weighted by Crippen LogP contribution is -2.44. The Morgan fingerprint density at radius 3 is 2.30 bits per heavy atom. The van der Waals surface area contributed by atoms with E-state index in [1.165, 1.54) is 24.9 Å². The van der Waals surface area contributed by atoms with Gasteiger partial charge >= 0.3 is 19.6 Å². The third-order valence-electron chi connectivity index (χ3n) is 6.03. The van der Waals surface area contributed by atoms with Crippen molar-refractivity contribution in [2.45, 2.75) is 64.6 Å². The van der Waals surface area contributed by atoms with E-state index in [1.54, 1.807) is 20.8 Å². The topological polar surface area (TPSA) is 205 Å². The fraction of sp³-hybridized carbons (Fsp3) is 0.696. The number of aliphatic hydroxyl groups is 2. The fourth-order valence-electron chi connectivity index (χ4n) is 4.09. The van der Waals surface area contributed by atoms with Crippen LogP contribution in [-0.4, -0.2) is 99.5 Å². The predicted octanol–water partition coefficient (Wildman–Crippen LogP) is 0.363. The minimum Gasteiger partial charge on any atom is -0.479 e. The molecule has 3 rings (SSSR count). The van der Waals surface area contributed by atoms with Gasteiger partial charge in [-0.25, -0.2) is 20.1 Å². The molecular formula is C23H37N6O10P. The molecule has 1 fully saturated rings. The third-order valence-corrected chi connectivity index (χ3v) is 7.82. The second-order valence-corrected chi connectivity index (χ2v) is 11.1. The molecule has 4 N–H and O–H groups in total. The van der Waals surface area contributed by atoms with Gasteiger partial charge in [-0.2, -0.15) is 4.98 Å². The molecular weight excluding hydrogens is 551 g/mol. The molecule has 0 aliphatic carbocycles. The van der Waals surface area contributed by atoms with Crippen LogP contribution in [0.1, 0.15) is 45.7 Å². The molecule has 0 amide bonds. The van der Waals surface area contributed by atoms with Crippen LogP contribution < -0.4 is 14.9 Å². The van der Waals surface area contributed by atoms with Crippen molar-refractivity contribution in [3.63, 3.8) is 0 Å². The Balaban J connectivity index is 1.74. The van der Waals surface area contributed by atoms with Gasteiger partial charge in [0.05, 0.1) is 46.1 Å². The van der Waals surface area contributed by atoms with Crippen molar-refractivity contribution >= 4 is 30.8 Å². The van der Waals surface area contributed by atoms with Crippen LogP contribution in [0.2, 0.25) is 0 Å². The molecule has 2 aromatic rings. The molecule has 16 nitrogen and oxygen atoms in total. The molecule has 4 atom stereocenters. The third kappa shape index (κ3) is 7.51. The number of rotatable bonds is 15. The lowest BCUT2D eigenvalue weighted by atomic mass is 9.96. The standard InChI is InChI=1S/C23H37N6O10P/c1-6-36-16(30)8-10-25-40(34,26-11-9-17(31)37-7-2)38-12-15-19(32)23(4,33)22(39-15)29-13-24-18-20(29)27-14(3)28-21(18)35-5/h13,15,19,22,32-33H,6-12H2,1-5H3,(H2,25,26,34)/t15-,19+,22-,23?/m1/s1. The van der Waals surface area contributed by atoms with Crippen LogP contribution in [0.4, 0.5) is 0 Å². The Hall–Kier alpha value is -2.72. The van der Waals surface area contributed by atoms with Crippen LogP contribution >= 0.6 is 7.67 Å². The minimum atomic E-state index is -3.87. The highest BCUT2D eigenvalue weighted by Gasteiger charge is 2.54. The molecule has 40 heavy (non-hydrogen) atoms. The zero-order chi connectivity index (χ0) is 29.5. The highest BCUT2D eigenvalue weighted by molar-refractivity contribution is 7.54. The normalized spacial score (nSPS) is 22.9. The highest BCUT2D eigenvalue weighted by Crippen LogP contribution is 2.43. The van der Waals surface area contributed by atoms with Gasteiger partial charge in [0.2, 0.25) is 5.88 Å². The molecule has 2 aromatic heterocycles. The molecule has 224 valence electrons. The first-order valence-electron chi connectivity index (χ1n) is 12.8. The summed E-state index contributed by atoms with van der Waals surface area (Å²) in [5.74, 6) is -0.356. The van der Waals surface area contributed by atoms with Crippen molar-refractivity contribution in [3.8, 4) is 5.88 Å². The quantitative estimate of drug-likeness (QED) is 0.164. The molecule has 3 heterocycles. The summed E-state index contributed by atoms with van der Waals surface area (Å²) in [4.78, 5) is 36.3. The van der Waals surface area contributed by atoms with Gasteiger partial charge in [-0.15, -0.1) is 0 Å². The Morgan fingerprint density at radius 2 is 1.75 bits per heavy atom. The summed E-state index contributed by atoms with van der Waals surface area (Å²) >= 11 is 0. The number of hydrogen-bond donors (Lipinski definition) is 4. The first kappa shape index (κ1) is 31.8. The number of carbonyl (C=O) groups excluding carboxylic acids is 2. The zero-order valence-corrected chi connectivity index (χ0v) is 24.1. The summed E-state index contributed by atoms with van der Waals surface area (Å²) in [5, 5.41) is 27.4. The molecule has 0 radical (unpaired) electrons. The van der Waals surface area contributed by atoms with Crippen LogP contribution in [0.15, 0.2) is 6.33 Å². The van der Waals surface area contributed by atoms with Gasteiger partial charge in [0.1, 0.15) is 23.6 Å². The first-order valence-corrected chi connectivity index (χ1v) is 14.4. The van der Waals surface area contributed by atoms with Crippen LogP contribution in [0.5, 0.6) is 5.88 Å². The number of fused-ring (bicyclic) bond motifs is 1. The number of esters is 2. The van der Waals surface area contributed by atoms with Gasteiger partial charge in [-0.3, -0.25) is 18.7 Å². The Kier molecular flexibility index (Phi) is 10.9. The number of ether oxygens (including phenoxy) is 4. The highest BCUT2D eigenvalue weighted by atomic mass is 31.2. The summed E-state index contributed by atoms with van der Waals surface area (Å²) in [5.41, 5.74) is -1.18. The molecule has 1 saturated heterocycles. The van der Waals surface area contributed by atoms with Crippen molar-refractivity contribution in [1.29, 1.82) is 0 Å². The van der Waals surface area contributed by atoms with Crippen molar-refractivity contribution < 1.29 is 47.8 Å². The van der Waals surface area contributed by atoms with E-state index in [-0.39, 0.29) is 45.0 Å². The lowest BCUT2D eigenvalue weighted by Gasteiger charge is -2.27. The molecule has 17 heteroatoms. The number of hydrogen-bond acceptors (Lipinski definition) is 13. The second kappa shape index (κ2) is 13.8. The maximum atomic E-state index is 13.5. The number of carbonyl (C=O) groups is 2. The monoisotopic (exact) mass is 588 g/mol. The van der Waals surface area contributed by atoms with E-state index < -0.39 is 50.3 Å². The summed E-state index contributed by atoms with van der Waals surface area (Å²) in [6, 6.07) is 0. The lowest BCUT2D eigenvalue weighted by molar-refractivity contribution is -0.143. The SMILES string of the molecule is CCOC(=O)CCNP(=O)(NCCC(=O)OCC)OC[C@H]1O[C@@H](n2cnc3c(OC)nc(C)nc32)C(C)(O)[C@H]1O. The molecule has 0 bridgehead atoms. The van der Waals surface area contributed by atoms with Crippen LogP contribution in [0, 0.1) is 6.92 Å². The predicted molar refractivity (Wildman–Crippen MR) is 139 cm³/mol. The van der Waals surface area contributed by atoms with Crippen LogP contribution in [-0.2, 0) is 32.9 Å². The van der Waals surface area contributed by atoms with E-state index in [0.29, 0.717) is 17.0 Å². The van der Waals surface area contributed by atoms with Gasteiger partial charge < -0.3 is 33.7 Å². The van der Waals surface area contributed by atoms with Gasteiger partial charge in [0.15, 0.2) is 17.4 Å². The summed E-state index contributed by atoms with van der Waals surface area (Å²) < 4.78 is 41.6. The Labute approximate surface area is 231 Å². The largest absolute Gasteiger partial charge is 0.479 e. The van der Waals surface area contributed by atoms with E-state index in [0.717, 1.165) is 0 Å². The summed E-state index contributed by atoms with van der Waals surface area (Å²) in [7, 11) is -2.43. The van der Waals surface area contributed by atoms with E-state index >= 15 is 0 Å². The minimum absolute atomic E-state index is 0.0567. The number of methoxy groups -OCH3 is 1. The summed E-state index contributed by atoms with van der Waals surface area (Å²) in [6.45, 7) is 6.26. The maximum Gasteiger partial charge on any atom is 0.340 e. The van der Waals surface area contributed by atoms with Crippen molar-refractivity contribution in [1.82, 2.24) is 29.7 Å². The molecule has 0 spiro atoms. The Morgan fingerprint density at radius 1 is 1.15 bits per heavy atom. The van der Waals surface area contributed by atoms with Crippen molar-refractivity contribution in [2.75, 3.05) is 40.0 Å². The van der Waals surface area contributed by atoms with E-state index in [4.69, 9.17) is 23.5 Å². The smallest absolute Gasteiger partial charge is 0.340 e. The van der Waals surface area contributed by atoms with Gasteiger partial charge in [-0.1, -0.05) is 0 Å². The number of aryl methyl sites for hydroxylation is 1. The zero-order valence-electron chi connectivity index (χ0n) is 23.2. The molecule has 1 aliphatic heterocycles. The van der Waals surface area contributed by atoms with Crippen LogP contribution in [0.25, 0.3) is 11.2 Å². The number of aromatic nitrogens is 4. The maximum absolute atomic E-state index is 13.5. The summed E-state index contributed by atoms with van der Waals surface area (Å²) in [6.07, 6.45) is -2.53. The average Bonchev–Trinajstić information content (AvgIpc) is 3.40. The number of imidazole rings is 1. The number of aliphatic hydroxyl groups excluding tert-OH is 1. The van der Waals surface area contributed by atoms with E-state index in [9.17, 15) is 24.4 Å². The van der Waals surface area contributed by atoms with Crippen molar-refractivity contribution in [2.24, 2.45) is 0 Å². The van der Waals surface area contributed by atoms with E-state index in [1.807, 2.05) is 0 Å². The van der Waals surface area contributed by atoms with Gasteiger partial charge in [0, 0.05) is 13.1 Å².